The Bertz CT molecular complexity index is 755. The quantitative estimate of drug-likeness (QED) is 0.335. The molecule has 1 aromatic rings. The Morgan fingerprint density at radius 1 is 1.06 bits per heavy atom. The predicted octanol–water partition coefficient (Wildman–Crippen LogP) is 2.33. The lowest BCUT2D eigenvalue weighted by atomic mass is 9.85. The number of aryl methyl sites for hydroxylation is 2. The molecule has 0 spiro atoms. The molecule has 2 saturated carbocycles. The summed E-state index contributed by atoms with van der Waals surface area (Å²) in [6.07, 6.45) is 13.1. The molecule has 1 aromatic heterocycles. The van der Waals surface area contributed by atoms with Crippen LogP contribution in [-0.4, -0.2) is 51.8 Å². The van der Waals surface area contributed by atoms with E-state index in [4.69, 9.17) is 4.99 Å². The van der Waals surface area contributed by atoms with Gasteiger partial charge in [0, 0.05) is 50.5 Å². The molecule has 0 saturated heterocycles. The van der Waals surface area contributed by atoms with Gasteiger partial charge in [0.05, 0.1) is 0 Å². The van der Waals surface area contributed by atoms with Crippen LogP contribution in [0.1, 0.15) is 82.8 Å². The maximum Gasteiger partial charge on any atom is 0.223 e. The fourth-order valence-corrected chi connectivity index (χ4v) is 4.78. The Morgan fingerprint density at radius 2 is 1.97 bits per heavy atom. The molecule has 1 aliphatic heterocycles. The van der Waals surface area contributed by atoms with Gasteiger partial charge in [-0.3, -0.25) is 9.79 Å². The van der Waals surface area contributed by atoms with Gasteiger partial charge in [0.15, 0.2) is 5.96 Å². The van der Waals surface area contributed by atoms with Gasteiger partial charge in [-0.25, -0.2) is 0 Å². The molecule has 1 amide bonds. The maximum atomic E-state index is 12.5. The van der Waals surface area contributed by atoms with Crippen LogP contribution in [0.4, 0.5) is 0 Å². The van der Waals surface area contributed by atoms with Crippen LogP contribution in [0.15, 0.2) is 4.99 Å². The third-order valence-electron chi connectivity index (χ3n) is 6.67. The first-order valence-electron chi connectivity index (χ1n) is 12.5. The molecule has 0 radical (unpaired) electrons. The fourth-order valence-electron chi connectivity index (χ4n) is 4.78. The summed E-state index contributed by atoms with van der Waals surface area (Å²) in [5.41, 5.74) is 0. The van der Waals surface area contributed by atoms with Crippen molar-refractivity contribution in [2.45, 2.75) is 103 Å². The highest BCUT2D eigenvalue weighted by Gasteiger charge is 2.31. The summed E-state index contributed by atoms with van der Waals surface area (Å²) >= 11 is 0. The van der Waals surface area contributed by atoms with Crippen molar-refractivity contribution in [3.05, 3.63) is 11.6 Å². The van der Waals surface area contributed by atoms with Crippen molar-refractivity contribution in [3.63, 3.8) is 0 Å². The van der Waals surface area contributed by atoms with Crippen LogP contribution in [0, 0.1) is 5.92 Å². The number of aromatic nitrogens is 3. The summed E-state index contributed by atoms with van der Waals surface area (Å²) in [6, 6.07) is 0.758. The number of fused-ring (bicyclic) bond motifs is 1. The third-order valence-corrected chi connectivity index (χ3v) is 6.67. The van der Waals surface area contributed by atoms with Crippen molar-refractivity contribution in [1.82, 2.24) is 30.7 Å². The van der Waals surface area contributed by atoms with Crippen LogP contribution in [-0.2, 0) is 24.2 Å². The number of rotatable bonds is 8. The Labute approximate surface area is 186 Å². The van der Waals surface area contributed by atoms with E-state index in [1.807, 2.05) is 0 Å². The molecule has 31 heavy (non-hydrogen) atoms. The maximum absolute atomic E-state index is 12.5. The van der Waals surface area contributed by atoms with Crippen molar-refractivity contribution in [2.75, 3.05) is 13.1 Å². The smallest absolute Gasteiger partial charge is 0.223 e. The SMILES string of the molecule is CCNC(=NCCCc1nnc2n1CCCCC2)NC1CCCC(C(=O)NC2CC2)C1. The van der Waals surface area contributed by atoms with Gasteiger partial charge in [-0.2, -0.15) is 0 Å². The van der Waals surface area contributed by atoms with Gasteiger partial charge >= 0.3 is 0 Å². The largest absolute Gasteiger partial charge is 0.357 e. The number of hydrogen-bond acceptors (Lipinski definition) is 4. The zero-order valence-corrected chi connectivity index (χ0v) is 19.0. The molecular formula is C23H39N7O. The molecule has 2 unspecified atom stereocenters. The zero-order chi connectivity index (χ0) is 21.5. The molecule has 8 heteroatoms. The van der Waals surface area contributed by atoms with Gasteiger partial charge in [-0.05, 0) is 58.3 Å². The van der Waals surface area contributed by atoms with E-state index in [-0.39, 0.29) is 11.8 Å². The molecule has 2 heterocycles. The van der Waals surface area contributed by atoms with E-state index < -0.39 is 0 Å². The molecule has 0 aromatic carbocycles. The molecule has 0 bridgehead atoms. The lowest BCUT2D eigenvalue weighted by Crippen LogP contribution is -2.47. The van der Waals surface area contributed by atoms with Crippen LogP contribution < -0.4 is 16.0 Å². The van der Waals surface area contributed by atoms with Crippen molar-refractivity contribution in [2.24, 2.45) is 10.9 Å². The van der Waals surface area contributed by atoms with Crippen LogP contribution in [0.25, 0.3) is 0 Å². The molecule has 3 N–H and O–H groups in total. The first-order valence-corrected chi connectivity index (χ1v) is 12.5. The normalized spacial score (nSPS) is 24.2. The lowest BCUT2D eigenvalue weighted by molar-refractivity contribution is -0.126. The minimum Gasteiger partial charge on any atom is -0.357 e. The first-order chi connectivity index (χ1) is 15.2. The van der Waals surface area contributed by atoms with Crippen LogP contribution in [0.3, 0.4) is 0 Å². The summed E-state index contributed by atoms with van der Waals surface area (Å²) in [6.45, 7) is 4.75. The van der Waals surface area contributed by atoms with E-state index in [1.165, 1.54) is 19.3 Å². The van der Waals surface area contributed by atoms with E-state index in [0.717, 1.165) is 95.0 Å². The average Bonchev–Trinajstić information content (AvgIpc) is 3.55. The Morgan fingerprint density at radius 3 is 2.81 bits per heavy atom. The molecule has 8 nitrogen and oxygen atoms in total. The van der Waals surface area contributed by atoms with Crippen LogP contribution in [0.2, 0.25) is 0 Å². The summed E-state index contributed by atoms with van der Waals surface area (Å²) in [5, 5.41) is 19.0. The number of nitrogens with one attached hydrogen (secondary N) is 3. The van der Waals surface area contributed by atoms with E-state index >= 15 is 0 Å². The molecular weight excluding hydrogens is 390 g/mol. The minimum atomic E-state index is 0.137. The monoisotopic (exact) mass is 429 g/mol. The van der Waals surface area contributed by atoms with E-state index in [0.29, 0.717) is 12.1 Å². The van der Waals surface area contributed by atoms with Crippen molar-refractivity contribution >= 4 is 11.9 Å². The molecule has 2 aliphatic carbocycles. The summed E-state index contributed by atoms with van der Waals surface area (Å²) in [4.78, 5) is 17.3. The van der Waals surface area contributed by atoms with Gasteiger partial charge in [-0.15, -0.1) is 10.2 Å². The van der Waals surface area contributed by atoms with Gasteiger partial charge < -0.3 is 20.5 Å². The first kappa shape index (κ1) is 22.1. The third kappa shape index (κ3) is 6.43. The van der Waals surface area contributed by atoms with Crippen LogP contribution in [0.5, 0.6) is 0 Å². The standard InChI is InChI=1S/C23H39N7O/c1-2-24-23(27-19-9-6-8-17(16-19)22(31)26-18-12-13-18)25-14-7-11-21-29-28-20-10-4-3-5-15-30(20)21/h17-19H,2-16H2,1H3,(H,26,31)(H2,24,25,27). The second-order valence-corrected chi connectivity index (χ2v) is 9.35. The van der Waals surface area contributed by atoms with Gasteiger partial charge in [-0.1, -0.05) is 12.8 Å². The highest BCUT2D eigenvalue weighted by molar-refractivity contribution is 5.81. The highest BCUT2D eigenvalue weighted by atomic mass is 16.2. The summed E-state index contributed by atoms with van der Waals surface area (Å²) in [7, 11) is 0. The Balaban J connectivity index is 1.25. The number of carbonyl (C=O) groups excluding carboxylic acids is 1. The molecule has 2 atom stereocenters. The Kier molecular flexibility index (Phi) is 7.81. The predicted molar refractivity (Wildman–Crippen MR) is 122 cm³/mol. The zero-order valence-electron chi connectivity index (χ0n) is 19.0. The highest BCUT2D eigenvalue weighted by Crippen LogP contribution is 2.26. The number of carbonyl (C=O) groups is 1. The van der Waals surface area contributed by atoms with Crippen molar-refractivity contribution < 1.29 is 4.79 Å². The topological polar surface area (TPSA) is 96.2 Å². The molecule has 2 fully saturated rings. The number of aliphatic imine (C=N–C) groups is 1. The second kappa shape index (κ2) is 11.0. The second-order valence-electron chi connectivity index (χ2n) is 9.35. The van der Waals surface area contributed by atoms with E-state index in [1.54, 1.807) is 0 Å². The van der Waals surface area contributed by atoms with Crippen molar-refractivity contribution in [1.29, 1.82) is 0 Å². The van der Waals surface area contributed by atoms with E-state index in [9.17, 15) is 4.79 Å². The molecule has 3 aliphatic rings. The van der Waals surface area contributed by atoms with Crippen LogP contribution >= 0.6 is 0 Å². The number of amides is 1. The Hall–Kier alpha value is -2.12. The summed E-state index contributed by atoms with van der Waals surface area (Å²) in [5.74, 6) is 3.53. The molecule has 4 rings (SSSR count). The lowest BCUT2D eigenvalue weighted by Gasteiger charge is -2.30. The molecule has 172 valence electrons. The average molecular weight is 430 g/mol. The van der Waals surface area contributed by atoms with E-state index in [2.05, 4.69) is 37.6 Å². The minimum absolute atomic E-state index is 0.137. The van der Waals surface area contributed by atoms with Gasteiger partial charge in [0.25, 0.3) is 0 Å². The fraction of sp³-hybridized carbons (Fsp3) is 0.826. The number of hydrogen-bond donors (Lipinski definition) is 3. The summed E-state index contributed by atoms with van der Waals surface area (Å²) < 4.78 is 2.33. The number of nitrogens with zero attached hydrogens (tertiary/aromatic N) is 4. The van der Waals surface area contributed by atoms with Crippen molar-refractivity contribution in [3.8, 4) is 0 Å². The van der Waals surface area contributed by atoms with Gasteiger partial charge in [0.1, 0.15) is 11.6 Å². The van der Waals surface area contributed by atoms with Gasteiger partial charge in [0.2, 0.25) is 5.91 Å². The number of guanidine groups is 1.